The van der Waals surface area contributed by atoms with Crippen LogP contribution in [0.5, 0.6) is 0 Å². The van der Waals surface area contributed by atoms with Crippen LogP contribution in [0.2, 0.25) is 5.02 Å². The Morgan fingerprint density at radius 2 is 1.93 bits per heavy atom. The highest BCUT2D eigenvalue weighted by molar-refractivity contribution is 6.30. The Hall–Kier alpha value is -3.44. The minimum Gasteiger partial charge on any atom is -0.347 e. The molecule has 4 rings (SSSR count). The van der Waals surface area contributed by atoms with E-state index in [4.69, 9.17) is 11.6 Å². The van der Waals surface area contributed by atoms with E-state index in [1.807, 2.05) is 48.5 Å². The van der Waals surface area contributed by atoms with E-state index >= 15 is 0 Å². The lowest BCUT2D eigenvalue weighted by Gasteiger charge is -2.27. The van der Waals surface area contributed by atoms with Crippen LogP contribution < -0.4 is 10.2 Å². The highest BCUT2D eigenvalue weighted by atomic mass is 35.5. The summed E-state index contributed by atoms with van der Waals surface area (Å²) in [6.45, 7) is 0.427. The molecule has 2 heterocycles. The molecule has 3 aromatic rings. The maximum atomic E-state index is 12.8. The monoisotopic (exact) mass is 417 g/mol. The van der Waals surface area contributed by atoms with Crippen molar-refractivity contribution < 1.29 is 9.59 Å². The Morgan fingerprint density at radius 1 is 1.13 bits per heavy atom. The number of hydrogen-bond acceptors (Lipinski definition) is 3. The van der Waals surface area contributed by atoms with E-state index < -0.39 is 0 Å². The van der Waals surface area contributed by atoms with E-state index in [1.165, 1.54) is 0 Å². The first-order valence-corrected chi connectivity index (χ1v) is 9.95. The topological polar surface area (TPSA) is 62.3 Å². The third-order valence-electron chi connectivity index (χ3n) is 4.97. The molecule has 2 aromatic carbocycles. The molecule has 0 radical (unpaired) electrons. The van der Waals surface area contributed by atoms with Gasteiger partial charge in [-0.3, -0.25) is 9.59 Å². The Labute approximate surface area is 180 Å². The third kappa shape index (κ3) is 4.26. The number of carbonyl (C=O) groups is 2. The highest BCUT2D eigenvalue weighted by Gasteiger charge is 2.27. The molecule has 0 saturated heterocycles. The lowest BCUT2D eigenvalue weighted by molar-refractivity contribution is -0.115. The molecule has 1 N–H and O–H groups in total. The number of likely N-dealkylation sites (N-methyl/N-ethyl adjacent to an activating group) is 1. The summed E-state index contributed by atoms with van der Waals surface area (Å²) in [6, 6.07) is 20.4. The number of hydrogen-bond donors (Lipinski definition) is 1. The van der Waals surface area contributed by atoms with Gasteiger partial charge in [-0.15, -0.1) is 0 Å². The molecule has 0 fully saturated rings. The average molecular weight is 418 g/mol. The van der Waals surface area contributed by atoms with Gasteiger partial charge in [-0.05, 0) is 41.5 Å². The fourth-order valence-electron chi connectivity index (χ4n) is 3.42. The van der Waals surface area contributed by atoms with Crippen LogP contribution in [-0.4, -0.2) is 23.8 Å². The number of nitrogens with one attached hydrogen (secondary N) is 1. The number of rotatable bonds is 4. The van der Waals surface area contributed by atoms with Crippen LogP contribution in [0.4, 0.5) is 5.69 Å². The minimum absolute atomic E-state index is 0.0921. The molecule has 30 heavy (non-hydrogen) atoms. The summed E-state index contributed by atoms with van der Waals surface area (Å²) in [7, 11) is 1.71. The van der Waals surface area contributed by atoms with Crippen molar-refractivity contribution in [1.82, 2.24) is 10.3 Å². The molecule has 0 atom stereocenters. The highest BCUT2D eigenvalue weighted by Crippen LogP contribution is 2.29. The van der Waals surface area contributed by atoms with Gasteiger partial charge in [-0.25, -0.2) is 4.98 Å². The van der Waals surface area contributed by atoms with Gasteiger partial charge in [-0.2, -0.15) is 0 Å². The van der Waals surface area contributed by atoms with E-state index in [2.05, 4.69) is 10.3 Å². The lowest BCUT2D eigenvalue weighted by Crippen LogP contribution is -2.34. The van der Waals surface area contributed by atoms with Gasteiger partial charge in [0.05, 0.1) is 11.4 Å². The van der Waals surface area contributed by atoms with E-state index in [9.17, 15) is 9.59 Å². The van der Waals surface area contributed by atoms with Crippen molar-refractivity contribution in [3.63, 3.8) is 0 Å². The number of nitrogens with zero attached hydrogens (tertiary/aromatic N) is 2. The fraction of sp³-hybridized carbons (Fsp3) is 0.125. The molecule has 0 spiro atoms. The summed E-state index contributed by atoms with van der Waals surface area (Å²) in [5.41, 5.74) is 4.19. The molecule has 5 nitrogen and oxygen atoms in total. The van der Waals surface area contributed by atoms with Crippen LogP contribution in [0.25, 0.3) is 6.08 Å². The second-order valence-corrected chi connectivity index (χ2v) is 7.53. The van der Waals surface area contributed by atoms with E-state index in [0.29, 0.717) is 40.6 Å². The lowest BCUT2D eigenvalue weighted by atomic mass is 9.99. The SMILES string of the molecule is CN1C(=O)C(=Cc2cccc(Cl)c2)Cc2nc(C(=O)NCc3ccccc3)ccc21. The van der Waals surface area contributed by atoms with Crippen molar-refractivity contribution in [2.45, 2.75) is 13.0 Å². The maximum Gasteiger partial charge on any atom is 0.270 e. The molecule has 0 saturated carbocycles. The average Bonchev–Trinajstić information content (AvgIpc) is 2.76. The third-order valence-corrected chi connectivity index (χ3v) is 5.20. The van der Waals surface area contributed by atoms with Crippen LogP contribution in [0, 0.1) is 0 Å². The molecule has 1 aromatic heterocycles. The largest absolute Gasteiger partial charge is 0.347 e. The summed E-state index contributed by atoms with van der Waals surface area (Å²) in [6.07, 6.45) is 2.17. The van der Waals surface area contributed by atoms with Gasteiger partial charge >= 0.3 is 0 Å². The molecule has 1 aliphatic rings. The summed E-state index contributed by atoms with van der Waals surface area (Å²) in [5, 5.41) is 3.50. The van der Waals surface area contributed by atoms with Gasteiger partial charge in [-0.1, -0.05) is 54.1 Å². The van der Waals surface area contributed by atoms with E-state index in [1.54, 1.807) is 36.2 Å². The van der Waals surface area contributed by atoms with Crippen molar-refractivity contribution in [2.24, 2.45) is 0 Å². The second-order valence-electron chi connectivity index (χ2n) is 7.10. The molecular formula is C24H20ClN3O2. The molecule has 2 amide bonds. The number of amides is 2. The molecule has 0 aliphatic carbocycles. The van der Waals surface area contributed by atoms with Crippen LogP contribution in [0.3, 0.4) is 0 Å². The Balaban J connectivity index is 1.57. The summed E-state index contributed by atoms with van der Waals surface area (Å²) < 4.78 is 0. The maximum absolute atomic E-state index is 12.8. The number of benzene rings is 2. The molecule has 150 valence electrons. The predicted octanol–water partition coefficient (Wildman–Crippen LogP) is 4.27. The molecule has 0 unspecified atom stereocenters. The minimum atomic E-state index is -0.249. The molecule has 6 heteroatoms. The number of carbonyl (C=O) groups excluding carboxylic acids is 2. The van der Waals surface area contributed by atoms with Crippen molar-refractivity contribution in [1.29, 1.82) is 0 Å². The van der Waals surface area contributed by atoms with Gasteiger partial charge in [0.1, 0.15) is 5.69 Å². The molecule has 0 bridgehead atoms. The van der Waals surface area contributed by atoms with Crippen molar-refractivity contribution in [3.8, 4) is 0 Å². The van der Waals surface area contributed by atoms with Crippen LogP contribution >= 0.6 is 11.6 Å². The molecular weight excluding hydrogens is 398 g/mol. The first-order chi connectivity index (χ1) is 14.5. The Kier molecular flexibility index (Phi) is 5.63. The van der Waals surface area contributed by atoms with E-state index in [0.717, 1.165) is 11.1 Å². The van der Waals surface area contributed by atoms with Crippen molar-refractivity contribution >= 4 is 35.2 Å². The number of anilines is 1. The van der Waals surface area contributed by atoms with Crippen molar-refractivity contribution in [2.75, 3.05) is 11.9 Å². The quantitative estimate of drug-likeness (QED) is 0.645. The predicted molar refractivity (Wildman–Crippen MR) is 118 cm³/mol. The summed E-state index contributed by atoms with van der Waals surface area (Å²) in [4.78, 5) is 31.5. The number of fused-ring (bicyclic) bond motifs is 1. The van der Waals surface area contributed by atoms with Crippen LogP contribution in [-0.2, 0) is 17.8 Å². The van der Waals surface area contributed by atoms with Crippen LogP contribution in [0.1, 0.15) is 27.3 Å². The molecule has 1 aliphatic heterocycles. The number of halogens is 1. The normalized spacial score (nSPS) is 14.5. The van der Waals surface area contributed by atoms with E-state index in [-0.39, 0.29) is 11.8 Å². The smallest absolute Gasteiger partial charge is 0.270 e. The van der Waals surface area contributed by atoms with Gasteiger partial charge in [0.25, 0.3) is 11.8 Å². The zero-order valence-electron chi connectivity index (χ0n) is 16.4. The second kappa shape index (κ2) is 8.51. The first-order valence-electron chi connectivity index (χ1n) is 9.57. The zero-order valence-corrected chi connectivity index (χ0v) is 17.2. The first kappa shape index (κ1) is 19.9. The standard InChI is InChI=1S/C24H20ClN3O2/c1-28-22-11-10-20(23(29)26-15-16-6-3-2-4-7-16)27-21(22)14-18(24(28)30)12-17-8-5-9-19(25)13-17/h2-13H,14-15H2,1H3,(H,26,29). The van der Waals surface area contributed by atoms with Gasteiger partial charge in [0, 0.05) is 30.6 Å². The number of aromatic nitrogens is 1. The number of pyridine rings is 1. The fourth-order valence-corrected chi connectivity index (χ4v) is 3.61. The Bertz CT molecular complexity index is 1140. The van der Waals surface area contributed by atoms with Crippen LogP contribution in [0.15, 0.2) is 72.3 Å². The summed E-state index contributed by atoms with van der Waals surface area (Å²) in [5.74, 6) is -0.341. The zero-order chi connectivity index (χ0) is 21.1. The van der Waals surface area contributed by atoms with Gasteiger partial charge in [0.15, 0.2) is 0 Å². The van der Waals surface area contributed by atoms with Crippen molar-refractivity contribution in [3.05, 3.63) is 99.8 Å². The summed E-state index contributed by atoms with van der Waals surface area (Å²) >= 11 is 6.06. The van der Waals surface area contributed by atoms with Gasteiger partial charge < -0.3 is 10.2 Å². The Morgan fingerprint density at radius 3 is 2.70 bits per heavy atom. The van der Waals surface area contributed by atoms with Gasteiger partial charge in [0.2, 0.25) is 0 Å².